The number of hydrogen-bond acceptors (Lipinski definition) is 5. The molecule has 140 valence electrons. The lowest BCUT2D eigenvalue weighted by Crippen LogP contribution is -2.07. The van der Waals surface area contributed by atoms with Crippen LogP contribution in [0, 0.1) is 0 Å². The quantitative estimate of drug-likeness (QED) is 0.625. The fraction of sp³-hybridized carbons (Fsp3) is 0.250. The van der Waals surface area contributed by atoms with Crippen molar-refractivity contribution in [1.29, 1.82) is 0 Å². The summed E-state index contributed by atoms with van der Waals surface area (Å²) in [5.41, 5.74) is 1.04. The van der Waals surface area contributed by atoms with E-state index in [4.69, 9.17) is 9.47 Å². The molecule has 7 nitrogen and oxygen atoms in total. The van der Waals surface area contributed by atoms with E-state index in [1.165, 1.54) is 0 Å². The van der Waals surface area contributed by atoms with E-state index in [-0.39, 0.29) is 18.2 Å². The molecule has 0 aliphatic carbocycles. The molecule has 1 aromatic heterocycles. The number of carbonyl (C=O) groups excluding carboxylic acids is 1. The molecule has 0 spiro atoms. The summed E-state index contributed by atoms with van der Waals surface area (Å²) in [6.45, 7) is 2.40. The van der Waals surface area contributed by atoms with Crippen molar-refractivity contribution in [2.24, 2.45) is 10.2 Å². The summed E-state index contributed by atoms with van der Waals surface area (Å²) in [5.74, 6) is 0.637. The maximum Gasteiger partial charge on any atom is 0.302 e. The number of fused-ring (bicyclic) bond motifs is 1. The number of aromatic hydroxyl groups is 1. The Kier molecular flexibility index (Phi) is 5.71. The molecule has 0 bridgehead atoms. The second-order valence-electron chi connectivity index (χ2n) is 5.90. The van der Waals surface area contributed by atoms with Crippen LogP contribution in [0.3, 0.4) is 0 Å². The van der Waals surface area contributed by atoms with Crippen LogP contribution in [0.4, 0.5) is 5.69 Å². The van der Waals surface area contributed by atoms with Gasteiger partial charge in [0.1, 0.15) is 11.5 Å². The fourth-order valence-corrected chi connectivity index (χ4v) is 2.77. The summed E-state index contributed by atoms with van der Waals surface area (Å²) in [7, 11) is 1.57. The summed E-state index contributed by atoms with van der Waals surface area (Å²) in [5, 5.41) is 18.9. The first-order chi connectivity index (χ1) is 13.1. The normalized spacial score (nSPS) is 11.2. The Morgan fingerprint density at radius 2 is 1.93 bits per heavy atom. The zero-order valence-electron chi connectivity index (χ0n) is 15.3. The highest BCUT2D eigenvalue weighted by molar-refractivity contribution is 5.96. The zero-order chi connectivity index (χ0) is 19.2. The van der Waals surface area contributed by atoms with Crippen molar-refractivity contribution < 1.29 is 19.4 Å². The molecule has 0 fully saturated rings. The maximum atomic E-state index is 12.0. The van der Waals surface area contributed by atoms with Crippen molar-refractivity contribution in [3.63, 3.8) is 0 Å². The van der Waals surface area contributed by atoms with Gasteiger partial charge in [-0.05, 0) is 36.8 Å². The van der Waals surface area contributed by atoms with Crippen molar-refractivity contribution >= 4 is 22.5 Å². The Labute approximate surface area is 156 Å². The molecule has 3 aromatic rings. The highest BCUT2D eigenvalue weighted by atomic mass is 16.5. The molecule has 0 aliphatic heterocycles. The first kappa shape index (κ1) is 18.4. The van der Waals surface area contributed by atoms with Gasteiger partial charge in [0.2, 0.25) is 5.88 Å². The van der Waals surface area contributed by atoms with Gasteiger partial charge >= 0.3 is 5.91 Å². The summed E-state index contributed by atoms with van der Waals surface area (Å²) < 4.78 is 12.4. The van der Waals surface area contributed by atoms with Gasteiger partial charge in [-0.25, -0.2) is 0 Å². The first-order valence-corrected chi connectivity index (χ1v) is 8.65. The zero-order valence-corrected chi connectivity index (χ0v) is 15.3. The number of rotatable bonds is 7. The van der Waals surface area contributed by atoms with Crippen LogP contribution in [0.5, 0.6) is 17.4 Å². The topological polar surface area (TPSA) is 85.4 Å². The van der Waals surface area contributed by atoms with E-state index in [1.807, 2.05) is 37.3 Å². The number of benzene rings is 2. The van der Waals surface area contributed by atoms with Gasteiger partial charge in [-0.3, -0.25) is 4.79 Å². The lowest BCUT2D eigenvalue weighted by atomic mass is 10.2. The molecule has 2 aromatic carbocycles. The van der Waals surface area contributed by atoms with Crippen LogP contribution in [0.2, 0.25) is 0 Å². The van der Waals surface area contributed by atoms with E-state index in [9.17, 15) is 9.90 Å². The van der Waals surface area contributed by atoms with Crippen LogP contribution in [-0.4, -0.2) is 29.3 Å². The molecule has 7 heteroatoms. The summed E-state index contributed by atoms with van der Waals surface area (Å²) in [6.07, 6.45) is 0.837. The molecule has 0 saturated heterocycles. The summed E-state index contributed by atoms with van der Waals surface area (Å²) in [6, 6.07) is 14.4. The molecule has 0 saturated carbocycles. The molecule has 1 N–H and O–H groups in total. The van der Waals surface area contributed by atoms with Crippen LogP contribution in [-0.2, 0) is 11.3 Å². The highest BCUT2D eigenvalue weighted by Crippen LogP contribution is 2.40. The largest absolute Gasteiger partial charge is 0.497 e. The Morgan fingerprint density at radius 1 is 1.15 bits per heavy atom. The minimum Gasteiger partial charge on any atom is -0.497 e. The predicted octanol–water partition coefficient (Wildman–Crippen LogP) is 4.45. The predicted molar refractivity (Wildman–Crippen MR) is 102 cm³/mol. The molecule has 1 amide bonds. The third kappa shape index (κ3) is 4.08. The Morgan fingerprint density at radius 3 is 2.63 bits per heavy atom. The van der Waals surface area contributed by atoms with Gasteiger partial charge in [0.05, 0.1) is 12.6 Å². The van der Waals surface area contributed by atoms with Gasteiger partial charge in [-0.2, -0.15) is 0 Å². The van der Waals surface area contributed by atoms with Gasteiger partial charge in [-0.15, -0.1) is 10.2 Å². The fourth-order valence-electron chi connectivity index (χ4n) is 2.77. The smallest absolute Gasteiger partial charge is 0.302 e. The molecule has 1 heterocycles. The lowest BCUT2D eigenvalue weighted by Gasteiger charge is -2.04. The van der Waals surface area contributed by atoms with Crippen molar-refractivity contribution in [3.05, 3.63) is 48.5 Å². The van der Waals surface area contributed by atoms with Gasteiger partial charge in [0.25, 0.3) is 0 Å². The van der Waals surface area contributed by atoms with Crippen LogP contribution in [0.25, 0.3) is 10.9 Å². The molecular weight excluding hydrogens is 346 g/mol. The number of nitrogens with zero attached hydrogens (tertiary/aromatic N) is 3. The van der Waals surface area contributed by atoms with Crippen molar-refractivity contribution in [1.82, 2.24) is 4.57 Å². The van der Waals surface area contributed by atoms with Crippen LogP contribution in [0.1, 0.15) is 13.3 Å². The minimum absolute atomic E-state index is 0.0272. The SMILES string of the molecule is CCCn1c(O)c(N=NC(=O)COc2ccccc2)c2cc(OC)ccc21. The molecule has 27 heavy (non-hydrogen) atoms. The van der Waals surface area contributed by atoms with E-state index in [2.05, 4.69) is 10.2 Å². The number of para-hydroxylation sites is 1. The molecule has 0 atom stereocenters. The Bertz CT molecular complexity index is 964. The van der Waals surface area contributed by atoms with E-state index in [0.29, 0.717) is 23.4 Å². The van der Waals surface area contributed by atoms with Gasteiger partial charge in [-0.1, -0.05) is 25.1 Å². The number of hydrogen-bond donors (Lipinski definition) is 1. The lowest BCUT2D eigenvalue weighted by molar-refractivity contribution is -0.120. The van der Waals surface area contributed by atoms with Gasteiger partial charge in [0, 0.05) is 11.9 Å². The van der Waals surface area contributed by atoms with Gasteiger partial charge in [0.15, 0.2) is 12.3 Å². The second kappa shape index (κ2) is 8.35. The number of carbonyl (C=O) groups is 1. The van der Waals surface area contributed by atoms with Crippen molar-refractivity contribution in [2.45, 2.75) is 19.9 Å². The number of methoxy groups -OCH3 is 1. The molecule has 0 aliphatic rings. The van der Waals surface area contributed by atoms with Crippen molar-refractivity contribution in [2.75, 3.05) is 13.7 Å². The Hall–Kier alpha value is -3.35. The third-order valence-electron chi connectivity index (χ3n) is 4.03. The average molecular weight is 367 g/mol. The monoisotopic (exact) mass is 367 g/mol. The number of aromatic nitrogens is 1. The van der Waals surface area contributed by atoms with Gasteiger partial charge < -0.3 is 19.1 Å². The van der Waals surface area contributed by atoms with Crippen LogP contribution < -0.4 is 9.47 Å². The second-order valence-corrected chi connectivity index (χ2v) is 5.90. The molecule has 3 rings (SSSR count). The summed E-state index contributed by atoms with van der Waals surface area (Å²) in [4.78, 5) is 12.0. The van der Waals surface area contributed by atoms with Crippen LogP contribution >= 0.6 is 0 Å². The maximum absolute atomic E-state index is 12.0. The molecule has 0 unspecified atom stereocenters. The highest BCUT2D eigenvalue weighted by Gasteiger charge is 2.17. The summed E-state index contributed by atoms with van der Waals surface area (Å²) >= 11 is 0. The molecular formula is C20H21N3O4. The number of aryl methyl sites for hydroxylation is 1. The first-order valence-electron chi connectivity index (χ1n) is 8.65. The number of ether oxygens (including phenoxy) is 2. The average Bonchev–Trinajstić information content (AvgIpc) is 2.96. The standard InChI is InChI=1S/C20H21N3O4/c1-3-11-23-17-10-9-15(26-2)12-16(17)19(20(23)25)22-21-18(24)13-27-14-7-5-4-6-8-14/h4-10,12,25H,3,11,13H2,1-2H3. The minimum atomic E-state index is -0.544. The number of azo groups is 1. The van der Waals surface area contributed by atoms with Crippen molar-refractivity contribution in [3.8, 4) is 17.4 Å². The van der Waals surface area contributed by atoms with E-state index >= 15 is 0 Å². The third-order valence-corrected chi connectivity index (χ3v) is 4.03. The number of amides is 1. The van der Waals surface area contributed by atoms with E-state index < -0.39 is 5.91 Å². The molecule has 0 radical (unpaired) electrons. The van der Waals surface area contributed by atoms with E-state index in [1.54, 1.807) is 29.9 Å². The van der Waals surface area contributed by atoms with Crippen LogP contribution in [0.15, 0.2) is 58.8 Å². The van der Waals surface area contributed by atoms with E-state index in [0.717, 1.165) is 11.9 Å². The Balaban J connectivity index is 1.85.